The van der Waals surface area contributed by atoms with Crippen LogP contribution in [0.1, 0.15) is 60.7 Å². The Labute approximate surface area is 193 Å². The highest BCUT2D eigenvalue weighted by Crippen LogP contribution is 2.35. The molecule has 0 saturated heterocycles. The number of benzene rings is 2. The summed E-state index contributed by atoms with van der Waals surface area (Å²) in [5.41, 5.74) is 1.07. The lowest BCUT2D eigenvalue weighted by Gasteiger charge is -2.36. The van der Waals surface area contributed by atoms with Crippen LogP contribution in [0.2, 0.25) is 5.02 Å². The number of amides is 3. The van der Waals surface area contributed by atoms with Crippen molar-refractivity contribution in [3.05, 3.63) is 64.7 Å². The molecule has 3 unspecified atom stereocenters. The second-order valence-electron chi connectivity index (χ2n) is 8.74. The summed E-state index contributed by atoms with van der Waals surface area (Å²) < 4.78 is 5.86. The predicted molar refractivity (Wildman–Crippen MR) is 125 cm³/mol. The van der Waals surface area contributed by atoms with E-state index in [1.165, 1.54) is 6.07 Å². The fraction of sp³-hybridized carbons (Fsp3) is 0.400. The molecule has 0 bridgehead atoms. The average molecular weight is 457 g/mol. The molecule has 1 fully saturated rings. The number of nitrogens with one attached hydrogen (secondary N) is 2. The number of hydrogen-bond donors (Lipinski definition) is 2. The number of carbonyl (C=O) groups excluding carboxylic acids is 3. The molecule has 2 aromatic carbocycles. The first-order valence-corrected chi connectivity index (χ1v) is 11.3. The van der Waals surface area contributed by atoms with Crippen LogP contribution in [0, 0.1) is 17.8 Å². The summed E-state index contributed by atoms with van der Waals surface area (Å²) in [6, 6.07) is 12.2. The molecule has 0 aromatic heterocycles. The van der Waals surface area contributed by atoms with E-state index in [2.05, 4.69) is 31.4 Å². The fourth-order valence-corrected chi connectivity index (χ4v) is 4.35. The van der Waals surface area contributed by atoms with E-state index >= 15 is 0 Å². The number of urea groups is 1. The molecule has 32 heavy (non-hydrogen) atoms. The van der Waals surface area contributed by atoms with E-state index in [9.17, 15) is 14.4 Å². The number of imide groups is 1. The lowest BCUT2D eigenvalue weighted by atomic mass is 9.75. The summed E-state index contributed by atoms with van der Waals surface area (Å²) in [5.74, 6) is 0.407. The van der Waals surface area contributed by atoms with E-state index in [1.54, 1.807) is 42.5 Å². The average Bonchev–Trinajstić information content (AvgIpc) is 2.74. The summed E-state index contributed by atoms with van der Waals surface area (Å²) in [5, 5.41) is 5.06. The second kappa shape index (κ2) is 10.6. The molecule has 1 aliphatic rings. The third kappa shape index (κ3) is 6.10. The van der Waals surface area contributed by atoms with Gasteiger partial charge < -0.3 is 10.1 Å². The van der Waals surface area contributed by atoms with Crippen LogP contribution in [-0.2, 0) is 4.74 Å². The van der Waals surface area contributed by atoms with Gasteiger partial charge in [-0.15, -0.1) is 0 Å². The molecule has 3 rings (SSSR count). The van der Waals surface area contributed by atoms with Gasteiger partial charge in [0.25, 0.3) is 5.91 Å². The Bertz CT molecular complexity index is 974. The molecule has 0 heterocycles. The smallest absolute Gasteiger partial charge is 0.338 e. The van der Waals surface area contributed by atoms with Crippen LogP contribution in [-0.4, -0.2) is 24.0 Å². The normalized spacial score (nSPS) is 20.5. The van der Waals surface area contributed by atoms with Crippen LogP contribution in [0.5, 0.6) is 0 Å². The first-order valence-electron chi connectivity index (χ1n) is 10.9. The molecule has 2 N–H and O–H groups in total. The van der Waals surface area contributed by atoms with Gasteiger partial charge in [-0.05, 0) is 67.0 Å². The van der Waals surface area contributed by atoms with Crippen molar-refractivity contribution in [2.75, 3.05) is 5.32 Å². The summed E-state index contributed by atoms with van der Waals surface area (Å²) in [4.78, 5) is 37.0. The first kappa shape index (κ1) is 23.8. The molecule has 7 heteroatoms. The maximum absolute atomic E-state index is 12.7. The minimum Gasteiger partial charge on any atom is -0.458 e. The minimum absolute atomic E-state index is 0.0781. The van der Waals surface area contributed by atoms with Gasteiger partial charge in [-0.3, -0.25) is 10.1 Å². The van der Waals surface area contributed by atoms with Gasteiger partial charge in [0, 0.05) is 5.69 Å². The lowest BCUT2D eigenvalue weighted by molar-refractivity contribution is -0.0174. The van der Waals surface area contributed by atoms with Crippen molar-refractivity contribution in [3.63, 3.8) is 0 Å². The lowest BCUT2D eigenvalue weighted by Crippen LogP contribution is -2.36. The van der Waals surface area contributed by atoms with E-state index < -0.39 is 11.9 Å². The standard InChI is InChI=1S/C25H29ClN2O4/c1-15(2)19-13-8-16(3)14-22(19)32-24(30)17-9-11-18(12-10-17)27-25(31)28-23(29)20-6-4-5-7-21(20)26/h4-7,9-12,15-16,19,22H,8,13-14H2,1-3H3,(H2,27,28,29,31). The Balaban J connectivity index is 1.57. The maximum atomic E-state index is 12.7. The van der Waals surface area contributed by atoms with Crippen molar-refractivity contribution in [2.45, 2.75) is 46.1 Å². The number of esters is 1. The van der Waals surface area contributed by atoms with Crippen LogP contribution in [0.3, 0.4) is 0 Å². The molecule has 0 aliphatic heterocycles. The molecular weight excluding hydrogens is 428 g/mol. The van der Waals surface area contributed by atoms with Gasteiger partial charge in [-0.25, -0.2) is 9.59 Å². The number of anilines is 1. The van der Waals surface area contributed by atoms with Crippen LogP contribution >= 0.6 is 11.6 Å². The van der Waals surface area contributed by atoms with Gasteiger partial charge in [-0.2, -0.15) is 0 Å². The van der Waals surface area contributed by atoms with E-state index in [-0.39, 0.29) is 22.7 Å². The fourth-order valence-electron chi connectivity index (χ4n) is 4.12. The van der Waals surface area contributed by atoms with Crippen molar-refractivity contribution in [3.8, 4) is 0 Å². The van der Waals surface area contributed by atoms with Crippen molar-refractivity contribution in [2.24, 2.45) is 17.8 Å². The summed E-state index contributed by atoms with van der Waals surface area (Å²) in [6.07, 6.45) is 3.04. The topological polar surface area (TPSA) is 84.5 Å². The maximum Gasteiger partial charge on any atom is 0.338 e. The first-order chi connectivity index (χ1) is 15.2. The molecule has 6 nitrogen and oxygen atoms in total. The highest BCUT2D eigenvalue weighted by atomic mass is 35.5. The number of halogens is 1. The molecule has 2 aromatic rings. The summed E-state index contributed by atoms with van der Waals surface area (Å²) >= 11 is 5.98. The van der Waals surface area contributed by atoms with Crippen LogP contribution < -0.4 is 10.6 Å². The van der Waals surface area contributed by atoms with Crippen LogP contribution in [0.4, 0.5) is 10.5 Å². The Morgan fingerprint density at radius 3 is 2.38 bits per heavy atom. The zero-order chi connectivity index (χ0) is 23.3. The Kier molecular flexibility index (Phi) is 7.91. The highest BCUT2D eigenvalue weighted by molar-refractivity contribution is 6.34. The molecule has 0 spiro atoms. The predicted octanol–water partition coefficient (Wildman–Crippen LogP) is 5.92. The molecular formula is C25H29ClN2O4. The largest absolute Gasteiger partial charge is 0.458 e. The van der Waals surface area contributed by atoms with E-state index in [0.717, 1.165) is 19.3 Å². The zero-order valence-electron chi connectivity index (χ0n) is 18.6. The Hall–Kier alpha value is -2.86. The van der Waals surface area contributed by atoms with Crippen LogP contribution in [0.25, 0.3) is 0 Å². The van der Waals surface area contributed by atoms with E-state index in [1.807, 2.05) is 0 Å². The number of carbonyl (C=O) groups is 3. The third-order valence-corrected chi connectivity index (χ3v) is 6.27. The van der Waals surface area contributed by atoms with Crippen molar-refractivity contribution < 1.29 is 19.1 Å². The molecule has 3 atom stereocenters. The highest BCUT2D eigenvalue weighted by Gasteiger charge is 2.33. The van der Waals surface area contributed by atoms with Gasteiger partial charge in [0.1, 0.15) is 6.10 Å². The van der Waals surface area contributed by atoms with Crippen LogP contribution in [0.15, 0.2) is 48.5 Å². The second-order valence-corrected chi connectivity index (χ2v) is 9.14. The molecule has 3 amide bonds. The molecule has 1 saturated carbocycles. The van der Waals surface area contributed by atoms with Gasteiger partial charge in [-0.1, -0.05) is 50.9 Å². The SMILES string of the molecule is CC1CCC(C(C)C)C(OC(=O)c2ccc(NC(=O)NC(=O)c3ccccc3Cl)cc2)C1. The monoisotopic (exact) mass is 456 g/mol. The van der Waals surface area contributed by atoms with Gasteiger partial charge in [0.05, 0.1) is 16.1 Å². The van der Waals surface area contributed by atoms with Gasteiger partial charge in [0.2, 0.25) is 0 Å². The number of rotatable bonds is 5. The Morgan fingerprint density at radius 1 is 1.03 bits per heavy atom. The minimum atomic E-state index is -0.693. The Morgan fingerprint density at radius 2 is 1.72 bits per heavy atom. The van der Waals surface area contributed by atoms with E-state index in [0.29, 0.717) is 29.0 Å². The molecule has 1 aliphatic carbocycles. The zero-order valence-corrected chi connectivity index (χ0v) is 19.3. The van der Waals surface area contributed by atoms with Crippen molar-refractivity contribution >= 4 is 35.2 Å². The van der Waals surface area contributed by atoms with Crippen molar-refractivity contribution in [1.82, 2.24) is 5.32 Å². The number of hydrogen-bond acceptors (Lipinski definition) is 4. The summed E-state index contributed by atoms with van der Waals surface area (Å²) in [6.45, 7) is 6.53. The van der Waals surface area contributed by atoms with Crippen molar-refractivity contribution in [1.29, 1.82) is 0 Å². The summed E-state index contributed by atoms with van der Waals surface area (Å²) in [7, 11) is 0. The number of ether oxygens (including phenoxy) is 1. The quantitative estimate of drug-likeness (QED) is 0.547. The van der Waals surface area contributed by atoms with E-state index in [4.69, 9.17) is 16.3 Å². The molecule has 0 radical (unpaired) electrons. The van der Waals surface area contributed by atoms with Gasteiger partial charge in [0.15, 0.2) is 0 Å². The third-order valence-electron chi connectivity index (χ3n) is 5.94. The van der Waals surface area contributed by atoms with Gasteiger partial charge >= 0.3 is 12.0 Å². The molecule has 170 valence electrons.